The molecule has 4 N–H and O–H groups in total. The Balaban J connectivity index is 1.59. The van der Waals surface area contributed by atoms with Crippen LogP contribution in [-0.2, 0) is 19.9 Å². The highest BCUT2D eigenvalue weighted by Crippen LogP contribution is 2.55. The first kappa shape index (κ1) is 31.5. The second-order valence-corrected chi connectivity index (χ2v) is 12.2. The number of nitrogens with one attached hydrogen (secondary N) is 1. The molecule has 5 rings (SSSR count). The summed E-state index contributed by atoms with van der Waals surface area (Å²) >= 11 is 6.63. The largest absolute Gasteiger partial charge is 0.479 e. The highest BCUT2D eigenvalue weighted by atomic mass is 35.5. The number of fused-ring (bicyclic) bond motifs is 1. The molecule has 0 spiro atoms. The van der Waals surface area contributed by atoms with Gasteiger partial charge < -0.3 is 30.4 Å². The van der Waals surface area contributed by atoms with Gasteiger partial charge in [0.1, 0.15) is 17.7 Å². The van der Waals surface area contributed by atoms with Crippen molar-refractivity contribution in [2.75, 3.05) is 26.9 Å². The first-order valence-corrected chi connectivity index (χ1v) is 14.9. The molecule has 11 heteroatoms. The van der Waals surface area contributed by atoms with E-state index in [2.05, 4.69) is 10.3 Å². The number of primary amides is 1. The zero-order chi connectivity index (χ0) is 30.9. The Labute approximate surface area is 255 Å². The number of alkyl halides is 1. The van der Waals surface area contributed by atoms with Crippen LogP contribution in [0.2, 0.25) is 5.02 Å². The number of halogens is 3. The first-order chi connectivity index (χ1) is 20.5. The Bertz CT molecular complexity index is 1410. The third-order valence-corrected chi connectivity index (χ3v) is 9.27. The van der Waals surface area contributed by atoms with Gasteiger partial charge in [-0.1, -0.05) is 36.7 Å². The predicted molar refractivity (Wildman–Crippen MR) is 159 cm³/mol. The summed E-state index contributed by atoms with van der Waals surface area (Å²) in [4.78, 5) is 17.2. The van der Waals surface area contributed by atoms with Gasteiger partial charge in [-0.2, -0.15) is 0 Å². The highest BCUT2D eigenvalue weighted by molar-refractivity contribution is 6.33. The van der Waals surface area contributed by atoms with Crippen LogP contribution in [0.5, 0.6) is 5.75 Å². The minimum Gasteiger partial charge on any atom is -0.479 e. The summed E-state index contributed by atoms with van der Waals surface area (Å²) in [7, 11) is 1.50. The van der Waals surface area contributed by atoms with Crippen molar-refractivity contribution < 1.29 is 32.9 Å². The molecule has 1 saturated carbocycles. The van der Waals surface area contributed by atoms with Crippen molar-refractivity contribution in [2.24, 2.45) is 5.73 Å². The molecule has 0 saturated heterocycles. The summed E-state index contributed by atoms with van der Waals surface area (Å²) in [5.74, 6) is -2.04. The van der Waals surface area contributed by atoms with Crippen molar-refractivity contribution in [3.8, 4) is 5.75 Å². The second-order valence-electron chi connectivity index (χ2n) is 11.8. The molecular weight excluding hydrogens is 580 g/mol. The average molecular weight is 618 g/mol. The Morgan fingerprint density at radius 2 is 2.05 bits per heavy atom. The van der Waals surface area contributed by atoms with Gasteiger partial charge in [0.2, 0.25) is 5.91 Å². The molecule has 1 aromatic carbocycles. The zero-order valence-corrected chi connectivity index (χ0v) is 25.3. The van der Waals surface area contributed by atoms with E-state index in [-0.39, 0.29) is 46.7 Å². The number of hydrogen-bond donors (Lipinski definition) is 3. The van der Waals surface area contributed by atoms with Gasteiger partial charge in [0.05, 0.1) is 29.5 Å². The normalized spacial score (nSPS) is 30.3. The van der Waals surface area contributed by atoms with Gasteiger partial charge in [-0.25, -0.2) is 8.78 Å². The van der Waals surface area contributed by atoms with Crippen LogP contribution in [0.4, 0.5) is 8.78 Å². The van der Waals surface area contributed by atoms with E-state index in [0.717, 1.165) is 12.8 Å². The van der Waals surface area contributed by atoms with Crippen LogP contribution in [0.15, 0.2) is 48.2 Å². The summed E-state index contributed by atoms with van der Waals surface area (Å²) in [6, 6.07) is 6.78. The van der Waals surface area contributed by atoms with Crippen LogP contribution in [-0.4, -0.2) is 66.8 Å². The van der Waals surface area contributed by atoms with Crippen LogP contribution in [0.25, 0.3) is 5.57 Å². The number of carbonyl (C=O) groups is 1. The number of aliphatic hydroxyl groups is 1. The molecule has 2 unspecified atom stereocenters. The molecule has 1 aromatic heterocycles. The topological polar surface area (TPSA) is 116 Å². The number of methoxy groups -OCH3 is 1. The van der Waals surface area contributed by atoms with Crippen molar-refractivity contribution in [1.82, 2.24) is 10.3 Å². The number of aromatic nitrogens is 1. The number of hydrogen-bond acceptors (Lipinski definition) is 7. The molecule has 1 fully saturated rings. The molecule has 0 bridgehead atoms. The number of pyridine rings is 1. The number of amides is 1. The maximum atomic E-state index is 16.4. The average Bonchev–Trinajstić information content (AvgIpc) is 3.26. The summed E-state index contributed by atoms with van der Waals surface area (Å²) in [5.41, 5.74) is 4.71. The van der Waals surface area contributed by atoms with Crippen molar-refractivity contribution in [3.05, 3.63) is 75.8 Å². The monoisotopic (exact) mass is 617 g/mol. The van der Waals surface area contributed by atoms with Gasteiger partial charge in [-0.15, -0.1) is 0 Å². The Kier molecular flexibility index (Phi) is 9.25. The van der Waals surface area contributed by atoms with Gasteiger partial charge in [-0.3, -0.25) is 9.78 Å². The number of rotatable bonds is 10. The fourth-order valence-electron chi connectivity index (χ4n) is 6.41. The lowest BCUT2D eigenvalue weighted by Gasteiger charge is -2.38. The molecule has 4 atom stereocenters. The second kappa shape index (κ2) is 12.6. The molecule has 3 aliphatic rings. The summed E-state index contributed by atoms with van der Waals surface area (Å²) in [6.07, 6.45) is 4.37. The van der Waals surface area contributed by atoms with Crippen molar-refractivity contribution >= 4 is 23.1 Å². The van der Waals surface area contributed by atoms with Gasteiger partial charge in [-0.05, 0) is 44.7 Å². The quantitative estimate of drug-likeness (QED) is 0.330. The van der Waals surface area contributed by atoms with Gasteiger partial charge in [0.25, 0.3) is 0 Å². The van der Waals surface area contributed by atoms with Gasteiger partial charge in [0, 0.05) is 60.2 Å². The van der Waals surface area contributed by atoms with E-state index in [1.54, 1.807) is 12.3 Å². The summed E-state index contributed by atoms with van der Waals surface area (Å²) in [6.45, 7) is 4.38. The first-order valence-electron chi connectivity index (χ1n) is 14.5. The third-order valence-electron chi connectivity index (χ3n) is 8.90. The summed E-state index contributed by atoms with van der Waals surface area (Å²) in [5, 5.41) is 13.7. The van der Waals surface area contributed by atoms with Crippen LogP contribution in [0.3, 0.4) is 0 Å². The van der Waals surface area contributed by atoms with E-state index in [9.17, 15) is 9.90 Å². The maximum absolute atomic E-state index is 16.4. The number of nitrogens with two attached hydrogens (primary N) is 1. The molecule has 43 heavy (non-hydrogen) atoms. The van der Waals surface area contributed by atoms with E-state index in [0.29, 0.717) is 30.6 Å². The molecule has 2 aromatic rings. The molecule has 2 aliphatic carbocycles. The van der Waals surface area contributed by atoms with Gasteiger partial charge >= 0.3 is 0 Å². The van der Waals surface area contributed by atoms with Crippen LogP contribution >= 0.6 is 11.6 Å². The Hall–Kier alpha value is -2.89. The van der Waals surface area contributed by atoms with Crippen molar-refractivity contribution in [2.45, 2.75) is 75.0 Å². The molecule has 232 valence electrons. The lowest BCUT2D eigenvalue weighted by atomic mass is 9.77. The van der Waals surface area contributed by atoms with E-state index < -0.39 is 41.1 Å². The van der Waals surface area contributed by atoms with E-state index in [4.69, 9.17) is 31.5 Å². The van der Waals surface area contributed by atoms with Crippen molar-refractivity contribution in [3.63, 3.8) is 0 Å². The number of nitrogens with zero attached hydrogens (tertiary/aromatic N) is 1. The lowest BCUT2D eigenvalue weighted by molar-refractivity contribution is -0.114. The molecule has 1 amide bonds. The Morgan fingerprint density at radius 1 is 1.30 bits per heavy atom. The molecule has 1 aliphatic heterocycles. The fraction of sp³-hybridized carbons (Fsp3) is 0.500. The molecule has 2 heterocycles. The van der Waals surface area contributed by atoms with Crippen LogP contribution < -0.4 is 15.8 Å². The van der Waals surface area contributed by atoms with Crippen molar-refractivity contribution in [1.29, 1.82) is 0 Å². The molecular formula is C32H38ClF2N3O5. The number of carbonyl (C=O) groups excluding carboxylic acids is 1. The SMILES string of the molecule is COCCOC1C=CC(C(N)=O)=C(c2c(Cl)c(F)cc3c2[C@H](C)[C@@](CN[C@H]2CC[C@](C)(O)CC2)(c2ccccn2)O3)C1F. The number of benzene rings is 1. The van der Waals surface area contributed by atoms with Gasteiger partial charge in [0.15, 0.2) is 11.8 Å². The predicted octanol–water partition coefficient (Wildman–Crippen LogP) is 4.73. The lowest BCUT2D eigenvalue weighted by Crippen LogP contribution is -2.49. The highest BCUT2D eigenvalue weighted by Gasteiger charge is 2.52. The number of ether oxygens (including phenoxy) is 3. The van der Waals surface area contributed by atoms with E-state index in [1.807, 2.05) is 26.0 Å². The van der Waals surface area contributed by atoms with Crippen LogP contribution in [0, 0.1) is 5.82 Å². The smallest absolute Gasteiger partial charge is 0.249 e. The third kappa shape index (κ3) is 6.08. The molecule has 8 nitrogen and oxygen atoms in total. The molecule has 0 radical (unpaired) electrons. The minimum atomic E-state index is -1.88. The summed E-state index contributed by atoms with van der Waals surface area (Å²) < 4.78 is 49.2. The van der Waals surface area contributed by atoms with E-state index in [1.165, 1.54) is 25.3 Å². The maximum Gasteiger partial charge on any atom is 0.249 e. The van der Waals surface area contributed by atoms with E-state index >= 15 is 8.78 Å². The zero-order valence-electron chi connectivity index (χ0n) is 24.5. The minimum absolute atomic E-state index is 0.0293. The Morgan fingerprint density at radius 3 is 2.70 bits per heavy atom. The fourth-order valence-corrected chi connectivity index (χ4v) is 6.66. The standard InChI is InChI=1S/C32H38ClF2N3O5/c1-18-25-23(43-32(18,24-6-4-5-13-37-24)17-38-19-9-11-31(2,40)12-10-19)16-21(34)28(33)27(25)26-20(30(36)39)7-8-22(29(26)35)42-15-14-41-3/h4-8,13,16,18-19,22,29,38,40H,9-12,14-15,17H2,1-3H3,(H2,36,39)/t18-,19-,22?,29?,31-,32-/m0/s1. The van der Waals surface area contributed by atoms with Crippen LogP contribution in [0.1, 0.15) is 62.3 Å².